The SMILES string of the molecule is Cc1cccc(NCC(=O)Nc2ccc(C(=O)N3CCCCC3)cc2)c1C. The topological polar surface area (TPSA) is 61.4 Å². The van der Waals surface area contributed by atoms with E-state index < -0.39 is 0 Å². The molecule has 5 heteroatoms. The van der Waals surface area contributed by atoms with E-state index in [1.54, 1.807) is 24.3 Å². The standard InChI is InChI=1S/C22H27N3O2/c1-16-7-6-8-20(17(16)2)23-15-21(26)24-19-11-9-18(10-12-19)22(27)25-13-4-3-5-14-25/h6-12,23H,3-5,13-15H2,1-2H3,(H,24,26). The van der Waals surface area contributed by atoms with Crippen LogP contribution in [-0.2, 0) is 4.79 Å². The number of hydrogen-bond donors (Lipinski definition) is 2. The first-order chi connectivity index (χ1) is 13.0. The van der Waals surface area contributed by atoms with Crippen LogP contribution < -0.4 is 10.6 Å². The third-order valence-electron chi connectivity index (χ3n) is 5.10. The van der Waals surface area contributed by atoms with Crippen LogP contribution in [0, 0.1) is 13.8 Å². The average Bonchev–Trinajstić information content (AvgIpc) is 2.70. The molecule has 3 rings (SSSR count). The Hall–Kier alpha value is -2.82. The van der Waals surface area contributed by atoms with Gasteiger partial charge < -0.3 is 15.5 Å². The van der Waals surface area contributed by atoms with E-state index in [4.69, 9.17) is 0 Å². The number of nitrogens with one attached hydrogen (secondary N) is 2. The van der Waals surface area contributed by atoms with Crippen molar-refractivity contribution in [3.8, 4) is 0 Å². The van der Waals surface area contributed by atoms with Crippen molar-refractivity contribution in [3.63, 3.8) is 0 Å². The zero-order valence-corrected chi connectivity index (χ0v) is 16.0. The molecule has 2 aromatic carbocycles. The highest BCUT2D eigenvalue weighted by atomic mass is 16.2. The van der Waals surface area contributed by atoms with Gasteiger partial charge in [0.05, 0.1) is 6.54 Å². The molecule has 0 spiro atoms. The van der Waals surface area contributed by atoms with Gasteiger partial charge in [-0.2, -0.15) is 0 Å². The second kappa shape index (κ2) is 8.71. The summed E-state index contributed by atoms with van der Waals surface area (Å²) in [6, 6.07) is 13.1. The van der Waals surface area contributed by atoms with Crippen LogP contribution in [0.4, 0.5) is 11.4 Å². The number of amides is 2. The highest BCUT2D eigenvalue weighted by Crippen LogP contribution is 2.18. The third kappa shape index (κ3) is 4.88. The molecular weight excluding hydrogens is 338 g/mol. The molecule has 0 bridgehead atoms. The van der Waals surface area contributed by atoms with Crippen LogP contribution in [0.1, 0.15) is 40.7 Å². The number of anilines is 2. The van der Waals surface area contributed by atoms with Gasteiger partial charge in [0.2, 0.25) is 5.91 Å². The lowest BCUT2D eigenvalue weighted by atomic mass is 10.1. The predicted molar refractivity (Wildman–Crippen MR) is 109 cm³/mol. The Morgan fingerprint density at radius 2 is 1.67 bits per heavy atom. The molecule has 2 aromatic rings. The Balaban J connectivity index is 1.53. The molecule has 0 atom stereocenters. The first-order valence-corrected chi connectivity index (χ1v) is 9.54. The minimum absolute atomic E-state index is 0.0733. The number of benzene rings is 2. The van der Waals surface area contributed by atoms with E-state index in [0.29, 0.717) is 11.3 Å². The second-order valence-corrected chi connectivity index (χ2v) is 7.08. The van der Waals surface area contributed by atoms with Gasteiger partial charge in [0.15, 0.2) is 0 Å². The summed E-state index contributed by atoms with van der Waals surface area (Å²) in [5, 5.41) is 6.04. The van der Waals surface area contributed by atoms with Gasteiger partial charge in [-0.05, 0) is 74.6 Å². The van der Waals surface area contributed by atoms with Crippen molar-refractivity contribution >= 4 is 23.2 Å². The summed E-state index contributed by atoms with van der Waals surface area (Å²) in [5.74, 6) is -0.0461. The fourth-order valence-corrected chi connectivity index (χ4v) is 3.30. The molecule has 0 saturated carbocycles. The van der Waals surface area contributed by atoms with Crippen LogP contribution in [0.5, 0.6) is 0 Å². The average molecular weight is 365 g/mol. The molecule has 1 aliphatic rings. The van der Waals surface area contributed by atoms with Crippen molar-refractivity contribution in [2.75, 3.05) is 30.3 Å². The predicted octanol–water partition coefficient (Wildman–Crippen LogP) is 3.98. The second-order valence-electron chi connectivity index (χ2n) is 7.08. The number of carbonyl (C=O) groups is 2. The van der Waals surface area contributed by atoms with Crippen molar-refractivity contribution in [1.29, 1.82) is 0 Å². The Morgan fingerprint density at radius 1 is 0.963 bits per heavy atom. The number of piperidine rings is 1. The van der Waals surface area contributed by atoms with Gasteiger partial charge in [0, 0.05) is 30.0 Å². The maximum atomic E-state index is 12.5. The molecule has 1 fully saturated rings. The maximum absolute atomic E-state index is 12.5. The van der Waals surface area contributed by atoms with Crippen LogP contribution >= 0.6 is 0 Å². The van der Waals surface area contributed by atoms with Crippen molar-refractivity contribution in [3.05, 3.63) is 59.2 Å². The van der Waals surface area contributed by atoms with E-state index in [1.165, 1.54) is 12.0 Å². The fraction of sp³-hybridized carbons (Fsp3) is 0.364. The monoisotopic (exact) mass is 365 g/mol. The first kappa shape index (κ1) is 19.0. The van der Waals surface area contributed by atoms with Crippen LogP contribution in [0.2, 0.25) is 0 Å². The van der Waals surface area contributed by atoms with Crippen LogP contribution in [0.15, 0.2) is 42.5 Å². The molecule has 5 nitrogen and oxygen atoms in total. The van der Waals surface area contributed by atoms with Crippen molar-refractivity contribution in [1.82, 2.24) is 4.90 Å². The molecule has 0 aromatic heterocycles. The third-order valence-corrected chi connectivity index (χ3v) is 5.10. The van der Waals surface area contributed by atoms with Gasteiger partial charge in [-0.25, -0.2) is 0 Å². The minimum atomic E-state index is -0.119. The van der Waals surface area contributed by atoms with Crippen LogP contribution in [0.3, 0.4) is 0 Å². The Labute approximate surface area is 160 Å². The molecule has 27 heavy (non-hydrogen) atoms. The minimum Gasteiger partial charge on any atom is -0.376 e. The summed E-state index contributed by atoms with van der Waals surface area (Å²) in [6.45, 7) is 5.95. The molecule has 142 valence electrons. The summed E-state index contributed by atoms with van der Waals surface area (Å²) in [6.07, 6.45) is 3.35. The molecule has 0 radical (unpaired) electrons. The van der Waals surface area contributed by atoms with Gasteiger partial charge in [0.1, 0.15) is 0 Å². The largest absolute Gasteiger partial charge is 0.376 e. The van der Waals surface area contributed by atoms with Crippen LogP contribution in [-0.4, -0.2) is 36.3 Å². The van der Waals surface area contributed by atoms with Crippen molar-refractivity contribution in [2.45, 2.75) is 33.1 Å². The quantitative estimate of drug-likeness (QED) is 0.842. The number of aryl methyl sites for hydroxylation is 1. The molecule has 0 aliphatic carbocycles. The molecular formula is C22H27N3O2. The Morgan fingerprint density at radius 3 is 2.37 bits per heavy atom. The van der Waals surface area contributed by atoms with Crippen LogP contribution in [0.25, 0.3) is 0 Å². The van der Waals surface area contributed by atoms with E-state index >= 15 is 0 Å². The van der Waals surface area contributed by atoms with Crippen molar-refractivity contribution < 1.29 is 9.59 Å². The summed E-state index contributed by atoms with van der Waals surface area (Å²) in [4.78, 5) is 26.6. The zero-order valence-electron chi connectivity index (χ0n) is 16.0. The number of carbonyl (C=O) groups excluding carboxylic acids is 2. The lowest BCUT2D eigenvalue weighted by molar-refractivity contribution is -0.114. The number of hydrogen-bond acceptors (Lipinski definition) is 3. The highest BCUT2D eigenvalue weighted by molar-refractivity contribution is 5.96. The summed E-state index contributed by atoms with van der Waals surface area (Å²) >= 11 is 0. The molecule has 0 unspecified atom stereocenters. The smallest absolute Gasteiger partial charge is 0.253 e. The normalized spacial score (nSPS) is 13.9. The maximum Gasteiger partial charge on any atom is 0.253 e. The molecule has 2 amide bonds. The number of rotatable bonds is 5. The van der Waals surface area contributed by atoms with E-state index in [2.05, 4.69) is 10.6 Å². The van der Waals surface area contributed by atoms with Crippen molar-refractivity contribution in [2.24, 2.45) is 0 Å². The highest BCUT2D eigenvalue weighted by Gasteiger charge is 2.18. The van der Waals surface area contributed by atoms with E-state index in [9.17, 15) is 9.59 Å². The van der Waals surface area contributed by atoms with Gasteiger partial charge in [-0.3, -0.25) is 9.59 Å². The fourth-order valence-electron chi connectivity index (χ4n) is 3.30. The van der Waals surface area contributed by atoms with Gasteiger partial charge in [-0.15, -0.1) is 0 Å². The zero-order chi connectivity index (χ0) is 19.2. The van der Waals surface area contributed by atoms with E-state index in [1.807, 2.05) is 36.9 Å². The number of nitrogens with zero attached hydrogens (tertiary/aromatic N) is 1. The number of likely N-dealkylation sites (tertiary alicyclic amines) is 1. The molecule has 2 N–H and O–H groups in total. The van der Waals surface area contributed by atoms with Gasteiger partial charge >= 0.3 is 0 Å². The molecule has 1 saturated heterocycles. The summed E-state index contributed by atoms with van der Waals surface area (Å²) in [5.41, 5.74) is 4.66. The Bertz CT molecular complexity index is 809. The van der Waals surface area contributed by atoms with E-state index in [-0.39, 0.29) is 18.4 Å². The summed E-state index contributed by atoms with van der Waals surface area (Å²) < 4.78 is 0. The van der Waals surface area contributed by atoms with E-state index in [0.717, 1.165) is 37.2 Å². The Kier molecular flexibility index (Phi) is 6.12. The summed E-state index contributed by atoms with van der Waals surface area (Å²) in [7, 11) is 0. The van der Waals surface area contributed by atoms with Gasteiger partial charge in [0.25, 0.3) is 5.91 Å². The molecule has 1 heterocycles. The molecule has 1 aliphatic heterocycles. The van der Waals surface area contributed by atoms with Gasteiger partial charge in [-0.1, -0.05) is 12.1 Å². The lowest BCUT2D eigenvalue weighted by Crippen LogP contribution is -2.35. The lowest BCUT2D eigenvalue weighted by Gasteiger charge is -2.26. The first-order valence-electron chi connectivity index (χ1n) is 9.54.